The van der Waals surface area contributed by atoms with E-state index < -0.39 is 0 Å². The van der Waals surface area contributed by atoms with Gasteiger partial charge < -0.3 is 4.74 Å². The number of amides is 1. The number of benzene rings is 2. The molecule has 152 valence electrons. The number of fused-ring (bicyclic) bond motifs is 1. The van der Waals surface area contributed by atoms with E-state index in [1.54, 1.807) is 35.7 Å². The average molecular weight is 418 g/mol. The number of anilines is 1. The van der Waals surface area contributed by atoms with E-state index >= 15 is 0 Å². The summed E-state index contributed by atoms with van der Waals surface area (Å²) in [6.07, 6.45) is 3.81. The zero-order valence-electron chi connectivity index (χ0n) is 17.3. The van der Waals surface area contributed by atoms with Crippen LogP contribution in [0, 0.1) is 13.8 Å². The summed E-state index contributed by atoms with van der Waals surface area (Å²) >= 11 is 1.56. The van der Waals surface area contributed by atoms with Crippen LogP contribution in [0.15, 0.2) is 60.9 Å². The molecule has 0 bridgehead atoms. The van der Waals surface area contributed by atoms with Crippen LogP contribution in [-0.4, -0.2) is 23.0 Å². The van der Waals surface area contributed by atoms with Crippen molar-refractivity contribution in [3.05, 3.63) is 83.2 Å². The molecule has 2 aromatic carbocycles. The Kier molecular flexibility index (Phi) is 5.77. The van der Waals surface area contributed by atoms with Gasteiger partial charge in [-0.3, -0.25) is 14.7 Å². The molecule has 2 aromatic heterocycles. The van der Waals surface area contributed by atoms with Crippen molar-refractivity contribution in [2.75, 3.05) is 12.0 Å². The van der Waals surface area contributed by atoms with E-state index in [4.69, 9.17) is 9.72 Å². The lowest BCUT2D eigenvalue weighted by atomic mass is 10.1. The molecule has 0 aliphatic heterocycles. The molecular formula is C24H23N3O2S. The molecule has 1 amide bonds. The molecule has 0 fully saturated rings. The van der Waals surface area contributed by atoms with Crippen LogP contribution in [0.3, 0.4) is 0 Å². The van der Waals surface area contributed by atoms with Crippen molar-refractivity contribution in [2.45, 2.75) is 26.8 Å². The van der Waals surface area contributed by atoms with E-state index in [-0.39, 0.29) is 12.3 Å². The molecule has 0 saturated carbocycles. The Morgan fingerprint density at radius 2 is 1.80 bits per heavy atom. The van der Waals surface area contributed by atoms with Crippen LogP contribution < -0.4 is 9.64 Å². The van der Waals surface area contributed by atoms with Crippen molar-refractivity contribution >= 4 is 32.6 Å². The molecule has 0 atom stereocenters. The van der Waals surface area contributed by atoms with Crippen molar-refractivity contribution in [2.24, 2.45) is 0 Å². The number of carbonyl (C=O) groups excluding carboxylic acids is 1. The van der Waals surface area contributed by atoms with Crippen LogP contribution in [-0.2, 0) is 17.8 Å². The third-order valence-electron chi connectivity index (χ3n) is 5.04. The molecule has 0 saturated heterocycles. The number of aryl methyl sites for hydroxylation is 2. The summed E-state index contributed by atoms with van der Waals surface area (Å²) in [7, 11) is 1.63. The third-order valence-corrected chi connectivity index (χ3v) is 6.25. The first-order valence-electron chi connectivity index (χ1n) is 9.74. The van der Waals surface area contributed by atoms with Gasteiger partial charge in [-0.1, -0.05) is 41.7 Å². The summed E-state index contributed by atoms with van der Waals surface area (Å²) in [6, 6.07) is 15.6. The van der Waals surface area contributed by atoms with E-state index in [1.165, 1.54) is 5.56 Å². The first-order valence-corrected chi connectivity index (χ1v) is 10.6. The average Bonchev–Trinajstić information content (AvgIpc) is 3.22. The molecular weight excluding hydrogens is 394 g/mol. The fraction of sp³-hybridized carbons (Fsp3) is 0.208. The van der Waals surface area contributed by atoms with Crippen LogP contribution in [0.2, 0.25) is 0 Å². The van der Waals surface area contributed by atoms with Gasteiger partial charge in [0.25, 0.3) is 0 Å². The summed E-state index contributed by atoms with van der Waals surface area (Å²) in [5.74, 6) is 0.772. The molecule has 0 aliphatic rings. The van der Waals surface area contributed by atoms with Crippen LogP contribution in [0.4, 0.5) is 5.13 Å². The highest BCUT2D eigenvalue weighted by molar-refractivity contribution is 7.22. The lowest BCUT2D eigenvalue weighted by Gasteiger charge is -2.20. The smallest absolute Gasteiger partial charge is 0.233 e. The Morgan fingerprint density at radius 1 is 1.03 bits per heavy atom. The normalized spacial score (nSPS) is 10.9. The van der Waals surface area contributed by atoms with Gasteiger partial charge in [-0.25, -0.2) is 4.98 Å². The van der Waals surface area contributed by atoms with Crippen molar-refractivity contribution in [3.8, 4) is 5.75 Å². The number of hydrogen-bond acceptors (Lipinski definition) is 5. The lowest BCUT2D eigenvalue weighted by Crippen LogP contribution is -2.31. The first kappa shape index (κ1) is 20.0. The number of hydrogen-bond donors (Lipinski definition) is 0. The maximum Gasteiger partial charge on any atom is 0.233 e. The molecule has 6 heteroatoms. The fourth-order valence-corrected chi connectivity index (χ4v) is 4.44. The van der Waals surface area contributed by atoms with E-state index in [0.29, 0.717) is 11.7 Å². The molecule has 4 rings (SSSR count). The van der Waals surface area contributed by atoms with Gasteiger partial charge in [0.1, 0.15) is 5.75 Å². The number of pyridine rings is 1. The van der Waals surface area contributed by atoms with E-state index in [9.17, 15) is 4.79 Å². The largest absolute Gasteiger partial charge is 0.497 e. The van der Waals surface area contributed by atoms with Crippen LogP contribution in [0.25, 0.3) is 10.2 Å². The van der Waals surface area contributed by atoms with Crippen molar-refractivity contribution in [3.63, 3.8) is 0 Å². The molecule has 5 nitrogen and oxygen atoms in total. The summed E-state index contributed by atoms with van der Waals surface area (Å²) in [5, 5.41) is 0.713. The summed E-state index contributed by atoms with van der Waals surface area (Å²) in [6.45, 7) is 4.56. The van der Waals surface area contributed by atoms with Crippen molar-refractivity contribution in [1.29, 1.82) is 0 Å². The Labute approximate surface area is 180 Å². The Morgan fingerprint density at radius 3 is 2.47 bits per heavy atom. The summed E-state index contributed by atoms with van der Waals surface area (Å²) in [4.78, 5) is 24.2. The van der Waals surface area contributed by atoms with Gasteiger partial charge in [-0.2, -0.15) is 0 Å². The zero-order valence-corrected chi connectivity index (χ0v) is 18.1. The highest BCUT2D eigenvalue weighted by atomic mass is 32.1. The van der Waals surface area contributed by atoms with Gasteiger partial charge in [0.05, 0.1) is 30.3 Å². The van der Waals surface area contributed by atoms with E-state index in [2.05, 4.69) is 31.0 Å². The maximum atomic E-state index is 13.4. The molecule has 30 heavy (non-hydrogen) atoms. The van der Waals surface area contributed by atoms with Crippen LogP contribution in [0.1, 0.15) is 22.3 Å². The second kappa shape index (κ2) is 8.63. The SMILES string of the molecule is COc1ccc(CC(=O)N(Cc2cccnc2)c2nc3c(C)ccc(C)c3s2)cc1. The second-order valence-corrected chi connectivity index (χ2v) is 8.22. The number of methoxy groups -OCH3 is 1. The number of thiazole rings is 1. The molecule has 0 spiro atoms. The fourth-order valence-electron chi connectivity index (χ4n) is 3.31. The van der Waals surface area contributed by atoms with E-state index in [1.807, 2.05) is 36.4 Å². The quantitative estimate of drug-likeness (QED) is 0.438. The standard InChI is InChI=1S/C24H23N3O2S/c1-16-6-7-17(2)23-22(16)26-24(30-23)27(15-19-5-4-12-25-14-19)21(28)13-18-8-10-20(29-3)11-9-18/h4-12,14H,13,15H2,1-3H3. The Balaban J connectivity index is 1.69. The minimum absolute atomic E-state index is 0.00150. The third kappa shape index (κ3) is 4.19. The molecule has 0 unspecified atom stereocenters. The molecule has 2 heterocycles. The van der Waals surface area contributed by atoms with Gasteiger partial charge in [0.15, 0.2) is 5.13 Å². The predicted molar refractivity (Wildman–Crippen MR) is 121 cm³/mol. The van der Waals surface area contributed by atoms with Crippen molar-refractivity contribution < 1.29 is 9.53 Å². The number of ether oxygens (including phenoxy) is 1. The number of rotatable bonds is 6. The molecule has 0 radical (unpaired) electrons. The van der Waals surface area contributed by atoms with E-state index in [0.717, 1.165) is 32.7 Å². The predicted octanol–water partition coefficient (Wildman–Crippen LogP) is 5.09. The molecule has 0 aliphatic carbocycles. The van der Waals surface area contributed by atoms with Gasteiger partial charge in [0, 0.05) is 12.4 Å². The molecule has 4 aromatic rings. The lowest BCUT2D eigenvalue weighted by molar-refractivity contribution is -0.118. The highest BCUT2D eigenvalue weighted by Gasteiger charge is 2.21. The summed E-state index contributed by atoms with van der Waals surface area (Å²) in [5.41, 5.74) is 5.15. The topological polar surface area (TPSA) is 55.3 Å². The van der Waals surface area contributed by atoms with Crippen molar-refractivity contribution in [1.82, 2.24) is 9.97 Å². The van der Waals surface area contributed by atoms with Gasteiger partial charge in [-0.05, 0) is 54.3 Å². The number of nitrogens with zero attached hydrogens (tertiary/aromatic N) is 3. The first-order chi connectivity index (χ1) is 14.5. The van der Waals surface area contributed by atoms with Gasteiger partial charge in [-0.15, -0.1) is 0 Å². The maximum absolute atomic E-state index is 13.4. The molecule has 0 N–H and O–H groups in total. The second-order valence-electron chi connectivity index (χ2n) is 7.24. The van der Waals surface area contributed by atoms with Crippen LogP contribution in [0.5, 0.6) is 5.75 Å². The minimum atomic E-state index is -0.00150. The Hall–Kier alpha value is -3.25. The zero-order chi connectivity index (χ0) is 21.1. The minimum Gasteiger partial charge on any atom is -0.497 e. The Bertz CT molecular complexity index is 1130. The van der Waals surface area contributed by atoms with Gasteiger partial charge in [0.2, 0.25) is 5.91 Å². The van der Waals surface area contributed by atoms with Gasteiger partial charge >= 0.3 is 0 Å². The summed E-state index contributed by atoms with van der Waals surface area (Å²) < 4.78 is 6.34. The number of aromatic nitrogens is 2. The monoisotopic (exact) mass is 417 g/mol. The highest BCUT2D eigenvalue weighted by Crippen LogP contribution is 2.34. The number of carbonyl (C=O) groups is 1. The van der Waals surface area contributed by atoms with Crippen LogP contribution >= 0.6 is 11.3 Å².